The second-order valence-electron chi connectivity index (χ2n) is 6.18. The van der Waals surface area contributed by atoms with Crippen LogP contribution in [-0.4, -0.2) is 24.4 Å². The lowest BCUT2D eigenvalue weighted by atomic mass is 10.0. The van der Waals surface area contributed by atoms with Gasteiger partial charge >= 0.3 is 5.97 Å². The third kappa shape index (κ3) is 6.26. The molecule has 0 aliphatic rings. The predicted molar refractivity (Wildman–Crippen MR) is 108 cm³/mol. The number of carbonyl (C=O) groups is 2. The summed E-state index contributed by atoms with van der Waals surface area (Å²) in [5, 5.41) is 3.44. The normalized spacial score (nSPS) is 12.3. The Morgan fingerprint density at radius 2 is 1.78 bits per heavy atom. The largest absolute Gasteiger partial charge is 0.462 e. The number of halogens is 1. The van der Waals surface area contributed by atoms with Gasteiger partial charge in [-0.25, -0.2) is 4.79 Å². The maximum Gasteiger partial charge on any atom is 0.343 e. The molecular weight excluding hydrogens is 362 g/mol. The molecule has 2 aromatic rings. The SMILES string of the molecule is CCOC(=O)C(=CNC(C)CCc1ccccc1)C(=O)c1ccccc1Cl. The van der Waals surface area contributed by atoms with E-state index in [1.165, 1.54) is 11.8 Å². The van der Waals surface area contributed by atoms with Crippen molar-refractivity contribution in [3.8, 4) is 0 Å². The first-order valence-corrected chi connectivity index (χ1v) is 9.37. The molecule has 0 aliphatic carbocycles. The maximum absolute atomic E-state index is 12.8. The van der Waals surface area contributed by atoms with Gasteiger partial charge in [0.15, 0.2) is 0 Å². The Balaban J connectivity index is 2.09. The molecule has 0 aromatic heterocycles. The number of nitrogens with one attached hydrogen (secondary N) is 1. The van der Waals surface area contributed by atoms with Crippen molar-refractivity contribution < 1.29 is 14.3 Å². The Bertz CT molecular complexity index is 802. The Kier molecular flexibility index (Phi) is 8.08. The van der Waals surface area contributed by atoms with Crippen LogP contribution in [0.3, 0.4) is 0 Å². The summed E-state index contributed by atoms with van der Waals surface area (Å²) in [6, 6.07) is 16.9. The first-order chi connectivity index (χ1) is 13.0. The zero-order valence-electron chi connectivity index (χ0n) is 15.6. The maximum atomic E-state index is 12.8. The van der Waals surface area contributed by atoms with Crippen LogP contribution in [0.5, 0.6) is 0 Å². The molecule has 2 aromatic carbocycles. The number of rotatable bonds is 9. The first kappa shape index (κ1) is 20.7. The van der Waals surface area contributed by atoms with Gasteiger partial charge in [0.05, 0.1) is 11.6 Å². The molecule has 0 amide bonds. The van der Waals surface area contributed by atoms with E-state index < -0.39 is 11.8 Å². The van der Waals surface area contributed by atoms with Crippen LogP contribution in [0, 0.1) is 0 Å². The standard InChI is InChI=1S/C22H24ClNO3/c1-3-27-22(26)19(21(25)18-11-7-8-12-20(18)23)15-24-16(2)13-14-17-9-5-4-6-10-17/h4-12,15-16,24H,3,13-14H2,1-2H3. The van der Waals surface area contributed by atoms with Gasteiger partial charge in [-0.2, -0.15) is 0 Å². The van der Waals surface area contributed by atoms with E-state index in [4.69, 9.17) is 16.3 Å². The molecule has 0 bridgehead atoms. The number of benzene rings is 2. The number of hydrogen-bond acceptors (Lipinski definition) is 4. The summed E-state index contributed by atoms with van der Waals surface area (Å²) in [4.78, 5) is 25.0. The molecule has 0 saturated carbocycles. The molecule has 5 heteroatoms. The second kappa shape index (κ2) is 10.5. The highest BCUT2D eigenvalue weighted by molar-refractivity contribution is 6.36. The summed E-state index contributed by atoms with van der Waals surface area (Å²) >= 11 is 6.10. The van der Waals surface area contributed by atoms with E-state index in [2.05, 4.69) is 17.4 Å². The third-order valence-corrected chi connectivity index (χ3v) is 4.41. The fourth-order valence-electron chi connectivity index (χ4n) is 2.55. The van der Waals surface area contributed by atoms with Gasteiger partial charge in [-0.15, -0.1) is 0 Å². The third-order valence-electron chi connectivity index (χ3n) is 4.08. The second-order valence-corrected chi connectivity index (χ2v) is 6.59. The molecular formula is C22H24ClNO3. The van der Waals surface area contributed by atoms with Gasteiger partial charge < -0.3 is 10.1 Å². The van der Waals surface area contributed by atoms with Crippen molar-refractivity contribution in [2.24, 2.45) is 0 Å². The van der Waals surface area contributed by atoms with E-state index in [0.717, 1.165) is 12.8 Å². The number of Topliss-reactive ketones (excluding diaryl/α,β-unsaturated/α-hetero) is 1. The van der Waals surface area contributed by atoms with Crippen LogP contribution in [0.2, 0.25) is 5.02 Å². The molecule has 0 heterocycles. The molecule has 1 unspecified atom stereocenters. The van der Waals surface area contributed by atoms with Gasteiger partial charge in [0.2, 0.25) is 5.78 Å². The lowest BCUT2D eigenvalue weighted by Gasteiger charge is -2.14. The Morgan fingerprint density at radius 3 is 2.44 bits per heavy atom. The summed E-state index contributed by atoms with van der Waals surface area (Å²) in [7, 11) is 0. The minimum atomic E-state index is -0.662. The number of hydrogen-bond donors (Lipinski definition) is 1. The topological polar surface area (TPSA) is 55.4 Å². The van der Waals surface area contributed by atoms with Gasteiger partial charge in [0, 0.05) is 17.8 Å². The average molecular weight is 386 g/mol. The number of ketones is 1. The van der Waals surface area contributed by atoms with Crippen molar-refractivity contribution in [1.82, 2.24) is 5.32 Å². The highest BCUT2D eigenvalue weighted by atomic mass is 35.5. The van der Waals surface area contributed by atoms with Crippen LogP contribution in [0.15, 0.2) is 66.4 Å². The van der Waals surface area contributed by atoms with Crippen molar-refractivity contribution in [1.29, 1.82) is 0 Å². The van der Waals surface area contributed by atoms with Gasteiger partial charge in [0.25, 0.3) is 0 Å². The van der Waals surface area contributed by atoms with Gasteiger partial charge in [-0.05, 0) is 44.4 Å². The first-order valence-electron chi connectivity index (χ1n) is 8.99. The van der Waals surface area contributed by atoms with E-state index in [1.54, 1.807) is 31.2 Å². The highest BCUT2D eigenvalue weighted by Gasteiger charge is 2.23. The van der Waals surface area contributed by atoms with Crippen LogP contribution >= 0.6 is 11.6 Å². The molecule has 4 nitrogen and oxygen atoms in total. The zero-order chi connectivity index (χ0) is 19.6. The lowest BCUT2D eigenvalue weighted by Crippen LogP contribution is -2.25. The molecule has 0 radical (unpaired) electrons. The molecule has 1 N–H and O–H groups in total. The summed E-state index contributed by atoms with van der Waals surface area (Å²) in [6.07, 6.45) is 3.20. The molecule has 0 saturated heterocycles. The monoisotopic (exact) mass is 385 g/mol. The average Bonchev–Trinajstić information content (AvgIpc) is 2.67. The van der Waals surface area contributed by atoms with Gasteiger partial charge in [-0.1, -0.05) is 54.1 Å². The number of esters is 1. The molecule has 142 valence electrons. The summed E-state index contributed by atoms with van der Waals surface area (Å²) in [5.74, 6) is -1.12. The van der Waals surface area contributed by atoms with Crippen molar-refractivity contribution >= 4 is 23.4 Å². The van der Waals surface area contributed by atoms with Crippen molar-refractivity contribution in [2.75, 3.05) is 6.61 Å². The minimum absolute atomic E-state index is 0.0588. The number of ether oxygens (including phenoxy) is 1. The van der Waals surface area contributed by atoms with Crippen LogP contribution < -0.4 is 5.32 Å². The van der Waals surface area contributed by atoms with Gasteiger partial charge in [0.1, 0.15) is 5.57 Å². The zero-order valence-corrected chi connectivity index (χ0v) is 16.3. The molecule has 0 fully saturated rings. The smallest absolute Gasteiger partial charge is 0.343 e. The van der Waals surface area contributed by atoms with E-state index in [0.29, 0.717) is 5.02 Å². The molecule has 2 rings (SSSR count). The quantitative estimate of drug-likeness (QED) is 0.226. The highest BCUT2D eigenvalue weighted by Crippen LogP contribution is 2.19. The predicted octanol–water partition coefficient (Wildman–Crippen LogP) is 4.58. The Labute approximate surface area is 165 Å². The van der Waals surface area contributed by atoms with Crippen molar-refractivity contribution in [3.05, 3.63) is 82.5 Å². The van der Waals surface area contributed by atoms with E-state index in [9.17, 15) is 9.59 Å². The Hall–Kier alpha value is -2.59. The summed E-state index contributed by atoms with van der Waals surface area (Å²) in [6.45, 7) is 3.89. The van der Waals surface area contributed by atoms with E-state index >= 15 is 0 Å². The summed E-state index contributed by atoms with van der Waals surface area (Å²) < 4.78 is 5.04. The molecule has 27 heavy (non-hydrogen) atoms. The van der Waals surface area contributed by atoms with Crippen LogP contribution in [0.25, 0.3) is 0 Å². The molecule has 1 atom stereocenters. The number of carbonyl (C=O) groups excluding carboxylic acids is 2. The summed E-state index contributed by atoms with van der Waals surface area (Å²) in [5.41, 5.74) is 1.46. The van der Waals surface area contributed by atoms with Gasteiger partial charge in [-0.3, -0.25) is 4.79 Å². The fraction of sp³-hybridized carbons (Fsp3) is 0.273. The fourth-order valence-corrected chi connectivity index (χ4v) is 2.77. The number of aryl methyl sites for hydroxylation is 1. The molecule has 0 aliphatic heterocycles. The van der Waals surface area contributed by atoms with Crippen LogP contribution in [-0.2, 0) is 16.0 Å². The van der Waals surface area contributed by atoms with Crippen molar-refractivity contribution in [3.63, 3.8) is 0 Å². The minimum Gasteiger partial charge on any atom is -0.462 e. The van der Waals surface area contributed by atoms with Crippen molar-refractivity contribution in [2.45, 2.75) is 32.7 Å². The Morgan fingerprint density at radius 1 is 1.11 bits per heavy atom. The van der Waals surface area contributed by atoms with Crippen LogP contribution in [0.1, 0.15) is 36.2 Å². The van der Waals surface area contributed by atoms with E-state index in [1.807, 2.05) is 25.1 Å². The van der Waals surface area contributed by atoms with Crippen LogP contribution in [0.4, 0.5) is 0 Å². The lowest BCUT2D eigenvalue weighted by molar-refractivity contribution is -0.138. The molecule has 0 spiro atoms. The van der Waals surface area contributed by atoms with E-state index in [-0.39, 0.29) is 23.8 Å².